The smallest absolute Gasteiger partial charge is 0.0381 e. The first-order chi connectivity index (χ1) is 7.63. The van der Waals surface area contributed by atoms with E-state index in [2.05, 4.69) is 55.4 Å². The zero-order valence-corrected chi connectivity index (χ0v) is 10.1. The Kier molecular flexibility index (Phi) is 5.02. The summed E-state index contributed by atoms with van der Waals surface area (Å²) in [6.07, 6.45) is 0.946. The van der Waals surface area contributed by atoms with E-state index in [4.69, 9.17) is 5.84 Å². The molecule has 1 aromatic carbocycles. The summed E-state index contributed by atoms with van der Waals surface area (Å²) in [7, 11) is 0. The van der Waals surface area contributed by atoms with Crippen LogP contribution in [-0.2, 0) is 6.42 Å². The molecule has 0 heterocycles. The van der Waals surface area contributed by atoms with Gasteiger partial charge in [-0.05, 0) is 30.0 Å². The normalized spacial score (nSPS) is 10.5. The van der Waals surface area contributed by atoms with E-state index < -0.39 is 0 Å². The van der Waals surface area contributed by atoms with Crippen LogP contribution < -0.4 is 16.6 Å². The maximum atomic E-state index is 5.23. The highest BCUT2D eigenvalue weighted by Gasteiger charge is 2.00. The highest BCUT2D eigenvalue weighted by atomic mass is 15.2. The van der Waals surface area contributed by atoms with Crippen molar-refractivity contribution < 1.29 is 0 Å². The van der Waals surface area contributed by atoms with Crippen molar-refractivity contribution in [3.05, 3.63) is 42.1 Å². The van der Waals surface area contributed by atoms with Crippen molar-refractivity contribution >= 4 is 5.69 Å². The number of benzene rings is 1. The lowest BCUT2D eigenvalue weighted by molar-refractivity contribution is 0.728. The SMILES string of the molecule is C=C(Nc1ccc(CCNN)cc1)C(C)C. The third-order valence-electron chi connectivity index (χ3n) is 2.51. The standard InChI is InChI=1S/C13H21N3/c1-10(2)11(3)16-13-6-4-12(5-7-13)8-9-15-14/h4-7,10,15-16H,3,8-9,14H2,1-2H3. The highest BCUT2D eigenvalue weighted by molar-refractivity contribution is 5.49. The van der Waals surface area contributed by atoms with E-state index >= 15 is 0 Å². The maximum absolute atomic E-state index is 5.23. The van der Waals surface area contributed by atoms with Crippen LogP contribution in [0.1, 0.15) is 19.4 Å². The fraction of sp³-hybridized carbons (Fsp3) is 0.385. The van der Waals surface area contributed by atoms with Gasteiger partial charge in [0.25, 0.3) is 0 Å². The minimum absolute atomic E-state index is 0.445. The van der Waals surface area contributed by atoms with E-state index in [9.17, 15) is 0 Å². The molecule has 1 aromatic rings. The van der Waals surface area contributed by atoms with Crippen LogP contribution in [0.2, 0.25) is 0 Å². The number of hydrogen-bond acceptors (Lipinski definition) is 3. The minimum atomic E-state index is 0.445. The van der Waals surface area contributed by atoms with Gasteiger partial charge in [-0.3, -0.25) is 11.3 Å². The molecule has 3 heteroatoms. The van der Waals surface area contributed by atoms with E-state index in [0.29, 0.717) is 5.92 Å². The molecule has 1 rings (SSSR count). The second kappa shape index (κ2) is 6.30. The predicted octanol–water partition coefficient (Wildman–Crippen LogP) is 2.27. The molecule has 0 spiro atoms. The Morgan fingerprint density at radius 2 is 1.94 bits per heavy atom. The largest absolute Gasteiger partial charge is 0.359 e. The van der Waals surface area contributed by atoms with E-state index in [1.165, 1.54) is 5.56 Å². The molecular weight excluding hydrogens is 198 g/mol. The van der Waals surface area contributed by atoms with Gasteiger partial charge in [-0.25, -0.2) is 0 Å². The quantitative estimate of drug-likeness (QED) is 0.508. The molecule has 16 heavy (non-hydrogen) atoms. The second-order valence-electron chi connectivity index (χ2n) is 4.21. The topological polar surface area (TPSA) is 50.1 Å². The number of allylic oxidation sites excluding steroid dienone is 1. The molecule has 0 amide bonds. The minimum Gasteiger partial charge on any atom is -0.359 e. The third-order valence-corrected chi connectivity index (χ3v) is 2.51. The van der Waals surface area contributed by atoms with Gasteiger partial charge in [0, 0.05) is 17.9 Å². The lowest BCUT2D eigenvalue weighted by Crippen LogP contribution is -2.24. The van der Waals surface area contributed by atoms with Crippen molar-refractivity contribution in [2.75, 3.05) is 11.9 Å². The maximum Gasteiger partial charge on any atom is 0.0381 e. The average molecular weight is 219 g/mol. The van der Waals surface area contributed by atoms with E-state index in [1.807, 2.05) is 0 Å². The molecule has 0 aromatic heterocycles. The third kappa shape index (κ3) is 4.04. The van der Waals surface area contributed by atoms with Crippen LogP contribution in [0.25, 0.3) is 0 Å². The van der Waals surface area contributed by atoms with Gasteiger partial charge in [0.05, 0.1) is 0 Å². The van der Waals surface area contributed by atoms with Gasteiger partial charge in [-0.2, -0.15) is 0 Å². The number of nitrogens with one attached hydrogen (secondary N) is 2. The Morgan fingerprint density at radius 3 is 2.44 bits per heavy atom. The zero-order valence-electron chi connectivity index (χ0n) is 10.1. The summed E-state index contributed by atoms with van der Waals surface area (Å²) in [4.78, 5) is 0. The number of nitrogens with two attached hydrogens (primary N) is 1. The Balaban J connectivity index is 2.54. The lowest BCUT2D eigenvalue weighted by Gasteiger charge is -2.13. The van der Waals surface area contributed by atoms with Gasteiger partial charge in [0.1, 0.15) is 0 Å². The first kappa shape index (κ1) is 12.7. The highest BCUT2D eigenvalue weighted by Crippen LogP contribution is 2.15. The van der Waals surface area contributed by atoms with Crippen LogP contribution >= 0.6 is 0 Å². The Bertz CT molecular complexity index is 328. The van der Waals surface area contributed by atoms with Gasteiger partial charge in [0.15, 0.2) is 0 Å². The zero-order chi connectivity index (χ0) is 12.0. The molecule has 0 bridgehead atoms. The summed E-state index contributed by atoms with van der Waals surface area (Å²) < 4.78 is 0. The molecule has 0 aliphatic carbocycles. The molecular formula is C13H21N3. The van der Waals surface area contributed by atoms with Crippen LogP contribution in [0.5, 0.6) is 0 Å². The van der Waals surface area contributed by atoms with Crippen molar-refractivity contribution in [2.24, 2.45) is 11.8 Å². The Labute approximate surface area is 97.7 Å². The van der Waals surface area contributed by atoms with E-state index in [-0.39, 0.29) is 0 Å². The van der Waals surface area contributed by atoms with E-state index in [1.54, 1.807) is 0 Å². The van der Waals surface area contributed by atoms with Gasteiger partial charge < -0.3 is 5.32 Å². The molecule has 0 aliphatic rings. The van der Waals surface area contributed by atoms with Crippen molar-refractivity contribution in [1.82, 2.24) is 5.43 Å². The van der Waals surface area contributed by atoms with Crippen molar-refractivity contribution in [1.29, 1.82) is 0 Å². The molecule has 0 aliphatic heterocycles. The number of hydrogen-bond donors (Lipinski definition) is 3. The fourth-order valence-corrected chi connectivity index (χ4v) is 1.30. The van der Waals surface area contributed by atoms with Crippen molar-refractivity contribution in [3.8, 4) is 0 Å². The van der Waals surface area contributed by atoms with Gasteiger partial charge in [-0.1, -0.05) is 32.6 Å². The molecule has 0 saturated carbocycles. The van der Waals surface area contributed by atoms with E-state index in [0.717, 1.165) is 24.4 Å². The summed E-state index contributed by atoms with van der Waals surface area (Å²) in [5.74, 6) is 5.68. The molecule has 0 fully saturated rings. The summed E-state index contributed by atoms with van der Waals surface area (Å²) >= 11 is 0. The number of anilines is 1. The van der Waals surface area contributed by atoms with Crippen LogP contribution in [0.15, 0.2) is 36.5 Å². The fourth-order valence-electron chi connectivity index (χ4n) is 1.30. The molecule has 0 unspecified atom stereocenters. The molecule has 0 atom stereocenters. The molecule has 0 radical (unpaired) electrons. The summed E-state index contributed by atoms with van der Waals surface area (Å²) in [6.45, 7) is 9.02. The van der Waals surface area contributed by atoms with Gasteiger partial charge in [-0.15, -0.1) is 0 Å². The summed E-state index contributed by atoms with van der Waals surface area (Å²) in [5.41, 5.74) is 6.05. The van der Waals surface area contributed by atoms with Crippen LogP contribution in [0, 0.1) is 5.92 Å². The average Bonchev–Trinajstić information content (AvgIpc) is 2.28. The predicted molar refractivity (Wildman–Crippen MR) is 69.9 cm³/mol. The lowest BCUT2D eigenvalue weighted by atomic mass is 10.1. The number of hydrazine groups is 1. The molecule has 4 N–H and O–H groups in total. The van der Waals surface area contributed by atoms with Gasteiger partial charge in [0.2, 0.25) is 0 Å². The van der Waals surface area contributed by atoms with Crippen LogP contribution in [0.3, 0.4) is 0 Å². The molecule has 0 saturated heterocycles. The summed E-state index contributed by atoms with van der Waals surface area (Å²) in [6, 6.07) is 8.35. The first-order valence-corrected chi connectivity index (χ1v) is 5.61. The van der Waals surface area contributed by atoms with Crippen LogP contribution in [0.4, 0.5) is 5.69 Å². The molecule has 3 nitrogen and oxygen atoms in total. The Hall–Kier alpha value is -1.32. The molecule has 88 valence electrons. The van der Waals surface area contributed by atoms with Crippen molar-refractivity contribution in [3.63, 3.8) is 0 Å². The summed E-state index contributed by atoms with van der Waals surface area (Å²) in [5, 5.41) is 3.29. The van der Waals surface area contributed by atoms with Crippen LogP contribution in [-0.4, -0.2) is 6.54 Å². The van der Waals surface area contributed by atoms with Gasteiger partial charge >= 0.3 is 0 Å². The monoisotopic (exact) mass is 219 g/mol. The Morgan fingerprint density at radius 1 is 1.31 bits per heavy atom. The first-order valence-electron chi connectivity index (χ1n) is 5.61. The number of rotatable bonds is 6. The second-order valence-corrected chi connectivity index (χ2v) is 4.21. The van der Waals surface area contributed by atoms with Crippen molar-refractivity contribution in [2.45, 2.75) is 20.3 Å².